The van der Waals surface area contributed by atoms with Gasteiger partial charge in [-0.15, -0.1) is 0 Å². The van der Waals surface area contributed by atoms with Crippen LogP contribution in [0.25, 0.3) is 11.1 Å². The number of allylic oxidation sites excluding steroid dienone is 1. The van der Waals surface area contributed by atoms with Crippen LogP contribution in [0.1, 0.15) is 30.0 Å². The van der Waals surface area contributed by atoms with E-state index in [2.05, 4.69) is 36.5 Å². The molecule has 3 aromatic rings. The zero-order chi connectivity index (χ0) is 21.3. The van der Waals surface area contributed by atoms with Crippen LogP contribution in [0.3, 0.4) is 0 Å². The molecular formula is C25H28BNO3. The topological polar surface area (TPSA) is 61.7 Å². The van der Waals surface area contributed by atoms with Gasteiger partial charge >= 0.3 is 7.12 Å². The molecule has 5 heteroatoms. The summed E-state index contributed by atoms with van der Waals surface area (Å²) in [4.78, 5) is 0. The van der Waals surface area contributed by atoms with Crippen LogP contribution in [0.2, 0.25) is 0 Å². The molecule has 0 bridgehead atoms. The number of nitrogens with one attached hydrogen (secondary N) is 1. The van der Waals surface area contributed by atoms with Gasteiger partial charge in [-0.05, 0) is 58.9 Å². The van der Waals surface area contributed by atoms with E-state index in [0.29, 0.717) is 12.1 Å². The van der Waals surface area contributed by atoms with Gasteiger partial charge in [-0.1, -0.05) is 73.7 Å². The van der Waals surface area contributed by atoms with Crippen LogP contribution in [0.4, 0.5) is 0 Å². The zero-order valence-corrected chi connectivity index (χ0v) is 17.5. The van der Waals surface area contributed by atoms with Gasteiger partial charge in [-0.3, -0.25) is 0 Å². The van der Waals surface area contributed by atoms with E-state index < -0.39 is 7.12 Å². The third-order valence-electron chi connectivity index (χ3n) is 5.04. The first-order valence-corrected chi connectivity index (χ1v) is 10.3. The molecule has 3 N–H and O–H groups in total. The summed E-state index contributed by atoms with van der Waals surface area (Å²) in [6.07, 6.45) is 0.865. The second-order valence-corrected chi connectivity index (χ2v) is 7.05. The number of ether oxygens (including phenoxy) is 1. The zero-order valence-electron chi connectivity index (χ0n) is 17.5. The van der Waals surface area contributed by atoms with Crippen molar-refractivity contribution in [2.24, 2.45) is 0 Å². The molecule has 0 aliphatic rings. The minimum absolute atomic E-state index is 0.476. The summed E-state index contributed by atoms with van der Waals surface area (Å²) in [6, 6.07) is 25.9. The molecule has 0 spiro atoms. The standard InChI is InChI=1S/C25H28BNO3/c1-3-24(19-7-5-4-6-8-19)25(20-9-13-22(14-10-20)26(28)29)21-11-15-23(16-12-21)30-18-17-27-2/h4-16,27-29H,3,17-18H2,1-2H3. The molecule has 0 atom stereocenters. The van der Waals surface area contributed by atoms with Crippen molar-refractivity contribution >= 4 is 23.7 Å². The second kappa shape index (κ2) is 10.8. The Hall–Kier alpha value is -2.86. The second-order valence-electron chi connectivity index (χ2n) is 7.05. The number of hydrogen-bond acceptors (Lipinski definition) is 4. The molecule has 154 valence electrons. The van der Waals surface area contributed by atoms with Crippen LogP contribution < -0.4 is 15.5 Å². The van der Waals surface area contributed by atoms with Crippen LogP contribution in [-0.4, -0.2) is 37.4 Å². The van der Waals surface area contributed by atoms with Gasteiger partial charge in [-0.2, -0.15) is 0 Å². The summed E-state index contributed by atoms with van der Waals surface area (Å²) in [7, 11) is 0.431. The van der Waals surface area contributed by atoms with Crippen molar-refractivity contribution < 1.29 is 14.8 Å². The lowest BCUT2D eigenvalue weighted by molar-refractivity contribution is 0.318. The molecular weight excluding hydrogens is 373 g/mol. The molecule has 0 fully saturated rings. The van der Waals surface area contributed by atoms with E-state index in [-0.39, 0.29) is 0 Å². The largest absolute Gasteiger partial charge is 0.492 e. The van der Waals surface area contributed by atoms with E-state index in [4.69, 9.17) is 4.74 Å². The van der Waals surface area contributed by atoms with Crippen LogP contribution in [0, 0.1) is 0 Å². The van der Waals surface area contributed by atoms with Crippen molar-refractivity contribution in [1.82, 2.24) is 5.32 Å². The molecule has 0 aliphatic carbocycles. The Morgan fingerprint density at radius 1 is 0.833 bits per heavy atom. The van der Waals surface area contributed by atoms with Crippen LogP contribution in [-0.2, 0) is 0 Å². The number of likely N-dealkylation sites (N-methyl/N-ethyl adjacent to an activating group) is 1. The maximum absolute atomic E-state index is 9.45. The lowest BCUT2D eigenvalue weighted by Crippen LogP contribution is -2.29. The van der Waals surface area contributed by atoms with Gasteiger partial charge in [0.1, 0.15) is 12.4 Å². The number of rotatable bonds is 9. The van der Waals surface area contributed by atoms with Crippen molar-refractivity contribution in [3.8, 4) is 5.75 Å². The van der Waals surface area contributed by atoms with Crippen molar-refractivity contribution in [2.45, 2.75) is 13.3 Å². The Bertz CT molecular complexity index is 952. The number of benzene rings is 3. The van der Waals surface area contributed by atoms with Crippen molar-refractivity contribution in [3.63, 3.8) is 0 Å². The lowest BCUT2D eigenvalue weighted by atomic mass is 9.79. The highest BCUT2D eigenvalue weighted by atomic mass is 16.5. The average Bonchev–Trinajstić information content (AvgIpc) is 2.79. The van der Waals surface area contributed by atoms with Gasteiger partial charge in [0.2, 0.25) is 0 Å². The summed E-state index contributed by atoms with van der Waals surface area (Å²) in [6.45, 7) is 3.57. The Morgan fingerprint density at radius 2 is 1.43 bits per heavy atom. The third-order valence-corrected chi connectivity index (χ3v) is 5.04. The fraction of sp³-hybridized carbons (Fsp3) is 0.200. The summed E-state index contributed by atoms with van der Waals surface area (Å²) in [5.41, 5.74) is 6.14. The van der Waals surface area contributed by atoms with Gasteiger partial charge < -0.3 is 20.1 Å². The van der Waals surface area contributed by atoms with Crippen molar-refractivity contribution in [3.05, 3.63) is 95.6 Å². The fourth-order valence-electron chi connectivity index (χ4n) is 3.49. The molecule has 0 aromatic heterocycles. The molecule has 3 rings (SSSR count). The monoisotopic (exact) mass is 401 g/mol. The fourth-order valence-corrected chi connectivity index (χ4v) is 3.49. The SMILES string of the molecule is CCC(=C(c1ccc(OCCNC)cc1)c1ccc(B(O)O)cc1)c1ccccc1. The third kappa shape index (κ3) is 5.39. The van der Waals surface area contributed by atoms with Gasteiger partial charge in [-0.25, -0.2) is 0 Å². The average molecular weight is 401 g/mol. The lowest BCUT2D eigenvalue weighted by Gasteiger charge is -2.17. The predicted octanol–water partition coefficient (Wildman–Crippen LogP) is 3.33. The van der Waals surface area contributed by atoms with E-state index >= 15 is 0 Å². The minimum Gasteiger partial charge on any atom is -0.492 e. The van der Waals surface area contributed by atoms with Crippen molar-refractivity contribution in [2.75, 3.05) is 20.2 Å². The molecule has 0 amide bonds. The first-order chi connectivity index (χ1) is 14.6. The summed E-state index contributed by atoms with van der Waals surface area (Å²) in [5, 5.41) is 22.0. The Morgan fingerprint density at radius 3 is 1.97 bits per heavy atom. The summed E-state index contributed by atoms with van der Waals surface area (Å²) < 4.78 is 5.77. The minimum atomic E-state index is -1.47. The van der Waals surface area contributed by atoms with Crippen LogP contribution >= 0.6 is 0 Å². The van der Waals surface area contributed by atoms with Gasteiger partial charge in [0.25, 0.3) is 0 Å². The summed E-state index contributed by atoms with van der Waals surface area (Å²) >= 11 is 0. The first kappa shape index (κ1) is 21.8. The van der Waals surface area contributed by atoms with Gasteiger partial charge in [0.15, 0.2) is 0 Å². The van der Waals surface area contributed by atoms with E-state index in [1.807, 2.05) is 49.5 Å². The van der Waals surface area contributed by atoms with Crippen LogP contribution in [0.5, 0.6) is 5.75 Å². The molecule has 30 heavy (non-hydrogen) atoms. The molecule has 0 radical (unpaired) electrons. The van der Waals surface area contributed by atoms with E-state index in [1.54, 1.807) is 12.1 Å². The number of hydrogen-bond donors (Lipinski definition) is 3. The maximum atomic E-state index is 9.45. The molecule has 3 aromatic carbocycles. The molecule has 0 saturated heterocycles. The first-order valence-electron chi connectivity index (χ1n) is 10.3. The van der Waals surface area contributed by atoms with Crippen LogP contribution in [0.15, 0.2) is 78.9 Å². The Balaban J connectivity index is 2.07. The van der Waals surface area contributed by atoms with E-state index in [0.717, 1.165) is 35.4 Å². The normalized spacial score (nSPS) is 11.7. The molecule has 0 heterocycles. The maximum Gasteiger partial charge on any atom is 0.488 e. The highest BCUT2D eigenvalue weighted by molar-refractivity contribution is 6.58. The van der Waals surface area contributed by atoms with E-state index in [9.17, 15) is 10.0 Å². The quantitative estimate of drug-likeness (QED) is 0.293. The van der Waals surface area contributed by atoms with Gasteiger partial charge in [0, 0.05) is 6.54 Å². The molecule has 0 unspecified atom stereocenters. The Kier molecular flexibility index (Phi) is 7.86. The molecule has 4 nitrogen and oxygen atoms in total. The summed E-state index contributed by atoms with van der Waals surface area (Å²) in [5.74, 6) is 0.838. The molecule has 0 saturated carbocycles. The van der Waals surface area contributed by atoms with E-state index in [1.165, 1.54) is 11.1 Å². The Labute approximate surface area is 179 Å². The highest BCUT2D eigenvalue weighted by Crippen LogP contribution is 2.34. The highest BCUT2D eigenvalue weighted by Gasteiger charge is 2.15. The predicted molar refractivity (Wildman–Crippen MR) is 125 cm³/mol. The molecule has 0 aliphatic heterocycles. The smallest absolute Gasteiger partial charge is 0.488 e. The van der Waals surface area contributed by atoms with Crippen molar-refractivity contribution in [1.29, 1.82) is 0 Å². The van der Waals surface area contributed by atoms with Gasteiger partial charge in [0.05, 0.1) is 0 Å².